The van der Waals surface area contributed by atoms with E-state index in [0.717, 1.165) is 57.1 Å². The molecule has 2 aromatic heterocycles. The highest BCUT2D eigenvalue weighted by molar-refractivity contribution is 7.90. The van der Waals surface area contributed by atoms with Gasteiger partial charge in [-0.2, -0.15) is 4.98 Å². The first kappa shape index (κ1) is 56.2. The van der Waals surface area contributed by atoms with Crippen molar-refractivity contribution in [2.24, 2.45) is 11.3 Å². The number of amides is 2. The van der Waals surface area contributed by atoms with Gasteiger partial charge in [0.25, 0.3) is 27.5 Å². The van der Waals surface area contributed by atoms with Gasteiger partial charge in [0.05, 0.1) is 46.3 Å². The van der Waals surface area contributed by atoms with Crippen LogP contribution in [0.1, 0.15) is 139 Å². The van der Waals surface area contributed by atoms with Crippen molar-refractivity contribution in [3.63, 3.8) is 0 Å². The largest absolute Gasteiger partial charge is 0.489 e. The Bertz CT molecular complexity index is 3280. The van der Waals surface area contributed by atoms with E-state index in [1.54, 1.807) is 63.1 Å². The van der Waals surface area contributed by atoms with Gasteiger partial charge in [0.2, 0.25) is 0 Å². The third-order valence-corrected chi connectivity index (χ3v) is 19.0. The summed E-state index contributed by atoms with van der Waals surface area (Å²) in [6.45, 7) is 15.2. The van der Waals surface area contributed by atoms with Gasteiger partial charge < -0.3 is 44.0 Å². The second-order valence-electron chi connectivity index (χ2n) is 24.8. The SMILES string of the molecule is CC(C)c1ccccc1[C@H]1CCCN1C1CC2(CCN(c3ccc(C(=O)NS(=O)(=O)c4cc5c(c([N+](=O)[O-])c4)N[C@@H](C4CCC(C)(O)CC4)CO5)c(Oc4cc5cc[nH]c5nc4OC[C@H]4COCCN4C(=O)OC(C)(C)C)c3)CC2)C1. The van der Waals surface area contributed by atoms with Crippen LogP contribution in [0.3, 0.4) is 0 Å². The summed E-state index contributed by atoms with van der Waals surface area (Å²) in [6.07, 6.45) is 10.3. The summed E-state index contributed by atoms with van der Waals surface area (Å²) in [4.78, 5) is 53.8. The molecule has 11 rings (SSSR count). The molecule has 2 aliphatic carbocycles. The highest BCUT2D eigenvalue weighted by Gasteiger charge is 2.50. The molecule has 4 aliphatic heterocycles. The topological polar surface area (TPSA) is 240 Å². The number of anilines is 2. The number of fused-ring (bicyclic) bond motifs is 2. The highest BCUT2D eigenvalue weighted by Crippen LogP contribution is 2.55. The van der Waals surface area contributed by atoms with Gasteiger partial charge in [0.1, 0.15) is 30.2 Å². The summed E-state index contributed by atoms with van der Waals surface area (Å²) < 4.78 is 61.5. The number of hydrogen-bond acceptors (Lipinski definition) is 16. The summed E-state index contributed by atoms with van der Waals surface area (Å²) >= 11 is 0. The predicted molar refractivity (Wildman–Crippen MR) is 305 cm³/mol. The number of morpholine rings is 1. The molecule has 5 aromatic rings. The van der Waals surface area contributed by atoms with Gasteiger partial charge in [0, 0.05) is 67.2 Å². The number of nitro benzene ring substituents is 1. The Morgan fingerprint density at radius 1 is 0.963 bits per heavy atom. The first-order valence-electron chi connectivity index (χ1n) is 28.7. The number of carbonyl (C=O) groups excluding carboxylic acids is 2. The van der Waals surface area contributed by atoms with Crippen molar-refractivity contribution < 1.29 is 51.7 Å². The number of aromatic nitrogens is 2. The zero-order valence-corrected chi connectivity index (χ0v) is 48.0. The van der Waals surface area contributed by atoms with E-state index in [4.69, 9.17) is 28.7 Å². The van der Waals surface area contributed by atoms with Gasteiger partial charge in [-0.25, -0.2) is 17.9 Å². The molecule has 2 saturated carbocycles. The fraction of sp³-hybridized carbons (Fsp3) is 0.550. The van der Waals surface area contributed by atoms with Crippen LogP contribution in [0, 0.1) is 21.4 Å². The first-order valence-corrected chi connectivity index (χ1v) is 30.2. The number of hydrogen-bond donors (Lipinski definition) is 4. The minimum atomic E-state index is -4.79. The number of likely N-dealkylation sites (tertiary alicyclic amines) is 1. The maximum Gasteiger partial charge on any atom is 0.410 e. The van der Waals surface area contributed by atoms with Crippen molar-refractivity contribution in [3.8, 4) is 23.1 Å². The zero-order valence-electron chi connectivity index (χ0n) is 47.2. The van der Waals surface area contributed by atoms with E-state index in [9.17, 15) is 33.2 Å². The van der Waals surface area contributed by atoms with Crippen LogP contribution in [0.25, 0.3) is 11.0 Å². The maximum atomic E-state index is 14.6. The predicted octanol–water partition coefficient (Wildman–Crippen LogP) is 10.2. The molecule has 1 spiro atoms. The first-order chi connectivity index (χ1) is 38.6. The van der Waals surface area contributed by atoms with Gasteiger partial charge in [-0.15, -0.1) is 0 Å². The molecule has 21 heteroatoms. The average molecular weight is 1130 g/mol. The highest BCUT2D eigenvalue weighted by atomic mass is 32.2. The molecular formula is C60H76N8O12S. The Kier molecular flexibility index (Phi) is 15.4. The molecule has 4 N–H and O–H groups in total. The van der Waals surface area contributed by atoms with Crippen molar-refractivity contribution >= 4 is 50.1 Å². The number of carbonyl (C=O) groups is 2. The molecule has 0 radical (unpaired) electrons. The number of H-pyrrole nitrogens is 1. The van der Waals surface area contributed by atoms with Gasteiger partial charge in [-0.1, -0.05) is 38.1 Å². The van der Waals surface area contributed by atoms with E-state index in [1.807, 2.05) is 0 Å². The zero-order chi connectivity index (χ0) is 57.0. The molecule has 20 nitrogen and oxygen atoms in total. The van der Waals surface area contributed by atoms with Crippen LogP contribution in [0.4, 0.5) is 21.9 Å². The van der Waals surface area contributed by atoms with Crippen LogP contribution in [-0.2, 0) is 19.5 Å². The third kappa shape index (κ3) is 12.0. The van der Waals surface area contributed by atoms with Crippen LogP contribution >= 0.6 is 0 Å². The number of aliphatic hydroxyl groups is 1. The van der Waals surface area contributed by atoms with E-state index < -0.39 is 54.8 Å². The molecule has 0 bridgehead atoms. The van der Waals surface area contributed by atoms with E-state index in [0.29, 0.717) is 61.3 Å². The summed E-state index contributed by atoms with van der Waals surface area (Å²) in [5.41, 5.74) is 2.24. The quantitative estimate of drug-likeness (QED) is 0.0597. The molecule has 81 heavy (non-hydrogen) atoms. The average Bonchev–Trinajstić information content (AvgIpc) is 4.16. The van der Waals surface area contributed by atoms with Crippen molar-refractivity contribution in [2.45, 2.75) is 152 Å². The number of aromatic amines is 1. The van der Waals surface area contributed by atoms with Gasteiger partial charge in [0.15, 0.2) is 17.2 Å². The van der Waals surface area contributed by atoms with Crippen LogP contribution in [0.2, 0.25) is 0 Å². The second-order valence-corrected chi connectivity index (χ2v) is 26.5. The van der Waals surface area contributed by atoms with Crippen molar-refractivity contribution in [3.05, 3.63) is 99.7 Å². The Balaban J connectivity index is 0.857. The van der Waals surface area contributed by atoms with Crippen LogP contribution in [0.15, 0.2) is 77.8 Å². The number of nitrogens with zero attached hydrogens (tertiary/aromatic N) is 5. The van der Waals surface area contributed by atoms with Crippen molar-refractivity contribution in [1.82, 2.24) is 24.5 Å². The van der Waals surface area contributed by atoms with Crippen LogP contribution in [0.5, 0.6) is 23.1 Å². The second kappa shape index (κ2) is 22.2. The number of ether oxygens (including phenoxy) is 5. The Hall–Kier alpha value is -6.68. The molecular weight excluding hydrogens is 1060 g/mol. The Morgan fingerprint density at radius 2 is 1.73 bits per heavy atom. The fourth-order valence-electron chi connectivity index (χ4n) is 13.2. The van der Waals surface area contributed by atoms with Crippen molar-refractivity contribution in [1.29, 1.82) is 0 Å². The van der Waals surface area contributed by atoms with Gasteiger partial charge >= 0.3 is 6.09 Å². The smallest absolute Gasteiger partial charge is 0.410 e. The van der Waals surface area contributed by atoms with E-state index in [-0.39, 0.29) is 78.1 Å². The number of nitro groups is 1. The standard InChI is InChI=1S/C60H76N8O12S/c1-37(2)44-10-7-8-11-45(44)48-12-9-23-66(48)41-32-60(33-41)20-24-65(25-21-60)40-13-14-46(55(69)64-81(74,75)43-30-49(68(72)73)53-51(31-43)77-36-47(62-53)38-15-18-59(6,71)19-16-38)50(29-40)79-52-28-39-17-22-61-54(39)63-56(52)78-35-42-34-76-27-26-67(42)57(70)80-58(3,4)5/h7-8,10-11,13-14,17,22,28-31,37-38,41-42,47-48,62,71H,9,12,15-16,18-21,23-27,32-36H2,1-6H3,(H,61,63)(H,64,69)/t38?,42-,47-,48-,59?/m1/s1. The van der Waals surface area contributed by atoms with Gasteiger partial charge in [-0.3, -0.25) is 24.7 Å². The fourth-order valence-corrected chi connectivity index (χ4v) is 14.2. The minimum Gasteiger partial charge on any atom is -0.489 e. The molecule has 6 aliphatic rings. The lowest BCUT2D eigenvalue weighted by atomic mass is 9.59. The lowest BCUT2D eigenvalue weighted by Gasteiger charge is -2.56. The summed E-state index contributed by atoms with van der Waals surface area (Å²) in [6, 6.07) is 19.7. The molecule has 2 amide bonds. The van der Waals surface area contributed by atoms with Crippen LogP contribution < -0.4 is 29.1 Å². The number of sulfonamides is 1. The van der Waals surface area contributed by atoms with E-state index in [1.165, 1.54) is 36.1 Å². The molecule has 3 atom stereocenters. The lowest BCUT2D eigenvalue weighted by Crippen LogP contribution is -2.54. The van der Waals surface area contributed by atoms with Crippen LogP contribution in [-0.4, -0.2) is 132 Å². The van der Waals surface area contributed by atoms with E-state index in [2.05, 4.69) is 62.9 Å². The molecule has 434 valence electrons. The molecule has 0 unspecified atom stereocenters. The van der Waals surface area contributed by atoms with E-state index >= 15 is 0 Å². The molecule has 3 aromatic carbocycles. The van der Waals surface area contributed by atoms with Crippen molar-refractivity contribution in [2.75, 3.05) is 62.8 Å². The molecule has 3 saturated heterocycles. The number of rotatable bonds is 14. The number of piperidine rings is 1. The summed E-state index contributed by atoms with van der Waals surface area (Å²) in [5.74, 6) is -0.414. The number of benzene rings is 3. The summed E-state index contributed by atoms with van der Waals surface area (Å²) in [5, 5.41) is 27.1. The lowest BCUT2D eigenvalue weighted by molar-refractivity contribution is -0.384. The number of pyridine rings is 1. The minimum absolute atomic E-state index is 0.00286. The third-order valence-electron chi connectivity index (χ3n) is 17.6. The maximum absolute atomic E-state index is 14.6. The normalized spacial score (nSPS) is 24.2. The Labute approximate surface area is 473 Å². The Morgan fingerprint density at radius 3 is 2.47 bits per heavy atom. The molecule has 5 fully saturated rings. The summed E-state index contributed by atoms with van der Waals surface area (Å²) in [7, 11) is -4.79. The monoisotopic (exact) mass is 1130 g/mol. The van der Waals surface area contributed by atoms with Gasteiger partial charge in [-0.05, 0) is 151 Å². The molecule has 6 heterocycles. The number of nitrogens with one attached hydrogen (secondary N) is 3.